The Bertz CT molecular complexity index is 1030. The van der Waals surface area contributed by atoms with Crippen LogP contribution in [0.1, 0.15) is 18.4 Å². The van der Waals surface area contributed by atoms with E-state index in [1.165, 1.54) is 5.56 Å². The van der Waals surface area contributed by atoms with E-state index in [2.05, 4.69) is 32.2 Å². The van der Waals surface area contributed by atoms with Crippen LogP contribution < -0.4 is 10.1 Å². The van der Waals surface area contributed by atoms with Crippen LogP contribution in [0.15, 0.2) is 53.1 Å². The van der Waals surface area contributed by atoms with Gasteiger partial charge in [0.15, 0.2) is 0 Å². The van der Waals surface area contributed by atoms with Crippen molar-refractivity contribution in [3.8, 4) is 17.1 Å². The molecule has 2 heterocycles. The van der Waals surface area contributed by atoms with Gasteiger partial charge in [-0.2, -0.15) is 4.98 Å². The number of amides is 1. The van der Waals surface area contributed by atoms with Crippen LogP contribution in [0, 0.1) is 6.92 Å². The molecule has 0 atom stereocenters. The second-order valence-corrected chi connectivity index (χ2v) is 7.91. The van der Waals surface area contributed by atoms with Gasteiger partial charge in [0, 0.05) is 31.7 Å². The zero-order valence-corrected chi connectivity index (χ0v) is 18.6. The van der Waals surface area contributed by atoms with Crippen molar-refractivity contribution in [2.24, 2.45) is 0 Å². The molecule has 0 bridgehead atoms. The van der Waals surface area contributed by atoms with E-state index in [1.807, 2.05) is 55.5 Å². The fourth-order valence-corrected chi connectivity index (χ4v) is 3.68. The number of rotatable bonds is 8. The first kappa shape index (κ1) is 22.0. The lowest BCUT2D eigenvalue weighted by atomic mass is 10.1. The Kier molecular flexibility index (Phi) is 7.14. The molecular formula is C24H29N5O3. The summed E-state index contributed by atoms with van der Waals surface area (Å²) in [6.45, 7) is 8.79. The van der Waals surface area contributed by atoms with E-state index >= 15 is 0 Å². The zero-order chi connectivity index (χ0) is 22.3. The molecule has 8 nitrogen and oxygen atoms in total. The largest absolute Gasteiger partial charge is 0.492 e. The van der Waals surface area contributed by atoms with Crippen molar-refractivity contribution in [2.75, 3.05) is 44.6 Å². The summed E-state index contributed by atoms with van der Waals surface area (Å²) in [5, 5.41) is 7.07. The van der Waals surface area contributed by atoms with Crippen molar-refractivity contribution in [1.82, 2.24) is 19.9 Å². The fourth-order valence-electron chi connectivity index (χ4n) is 3.68. The number of carbonyl (C=O) groups is 1. The molecular weight excluding hydrogens is 406 g/mol. The number of benzene rings is 2. The number of hydrogen-bond acceptors (Lipinski definition) is 7. The molecule has 32 heavy (non-hydrogen) atoms. The smallest absolute Gasteiger partial charge is 0.241 e. The quantitative estimate of drug-likeness (QED) is 0.582. The van der Waals surface area contributed by atoms with Gasteiger partial charge in [-0.25, -0.2) is 0 Å². The molecule has 0 unspecified atom stereocenters. The molecule has 0 aliphatic carbocycles. The normalized spacial score (nSPS) is 14.9. The second-order valence-electron chi connectivity index (χ2n) is 7.91. The van der Waals surface area contributed by atoms with E-state index in [9.17, 15) is 4.79 Å². The first-order valence-corrected chi connectivity index (χ1v) is 11.0. The predicted octanol–water partition coefficient (Wildman–Crippen LogP) is 3.20. The maximum absolute atomic E-state index is 12.5. The molecule has 3 aromatic rings. The molecule has 8 heteroatoms. The van der Waals surface area contributed by atoms with Crippen LogP contribution in [-0.2, 0) is 11.3 Å². The lowest BCUT2D eigenvalue weighted by Gasteiger charge is -2.33. The topological polar surface area (TPSA) is 83.7 Å². The lowest BCUT2D eigenvalue weighted by molar-refractivity contribution is -0.117. The summed E-state index contributed by atoms with van der Waals surface area (Å²) < 4.78 is 11.0. The number of ether oxygens (including phenoxy) is 1. The van der Waals surface area contributed by atoms with E-state index in [0.29, 0.717) is 42.8 Å². The van der Waals surface area contributed by atoms with Crippen LogP contribution >= 0.6 is 0 Å². The Morgan fingerprint density at radius 1 is 1.06 bits per heavy atom. The van der Waals surface area contributed by atoms with E-state index in [1.54, 1.807) is 0 Å². The average molecular weight is 436 g/mol. The molecule has 1 fully saturated rings. The summed E-state index contributed by atoms with van der Waals surface area (Å²) in [5.41, 5.74) is 2.86. The highest BCUT2D eigenvalue weighted by atomic mass is 16.5. The van der Waals surface area contributed by atoms with Gasteiger partial charge in [0.05, 0.1) is 25.4 Å². The second kappa shape index (κ2) is 10.4. The molecule has 1 N–H and O–H groups in total. The molecule has 1 amide bonds. The summed E-state index contributed by atoms with van der Waals surface area (Å²) in [4.78, 5) is 21.5. The van der Waals surface area contributed by atoms with Crippen molar-refractivity contribution in [3.63, 3.8) is 0 Å². The van der Waals surface area contributed by atoms with Crippen LogP contribution in [-0.4, -0.2) is 65.2 Å². The minimum absolute atomic E-state index is 0.0368. The number of aryl methyl sites for hydroxylation is 1. The molecule has 0 radical (unpaired) electrons. The fraction of sp³-hybridized carbons (Fsp3) is 0.375. The molecule has 1 saturated heterocycles. The highest BCUT2D eigenvalue weighted by Gasteiger charge is 2.21. The van der Waals surface area contributed by atoms with Gasteiger partial charge in [-0.3, -0.25) is 14.6 Å². The lowest BCUT2D eigenvalue weighted by Crippen LogP contribution is -2.48. The Morgan fingerprint density at radius 3 is 2.53 bits per heavy atom. The van der Waals surface area contributed by atoms with Gasteiger partial charge in [0.25, 0.3) is 0 Å². The Balaban J connectivity index is 1.24. The number of nitrogens with one attached hydrogen (secondary N) is 1. The first-order chi connectivity index (χ1) is 15.6. The number of hydrogen-bond donors (Lipinski definition) is 1. The Morgan fingerprint density at radius 2 is 1.78 bits per heavy atom. The third-order valence-electron chi connectivity index (χ3n) is 5.43. The van der Waals surface area contributed by atoms with E-state index in [0.717, 1.165) is 31.7 Å². The van der Waals surface area contributed by atoms with Crippen molar-refractivity contribution < 1.29 is 14.1 Å². The third-order valence-corrected chi connectivity index (χ3v) is 5.43. The number of carbonyl (C=O) groups excluding carboxylic acids is 1. The highest BCUT2D eigenvalue weighted by Crippen LogP contribution is 2.23. The van der Waals surface area contributed by atoms with E-state index < -0.39 is 0 Å². The number of nitrogens with zero attached hydrogens (tertiary/aromatic N) is 4. The van der Waals surface area contributed by atoms with Crippen LogP contribution in [0.4, 0.5) is 5.69 Å². The monoisotopic (exact) mass is 435 g/mol. The van der Waals surface area contributed by atoms with E-state index in [-0.39, 0.29) is 5.91 Å². The first-order valence-electron chi connectivity index (χ1n) is 11.0. The Labute approximate surface area is 188 Å². The van der Waals surface area contributed by atoms with Crippen molar-refractivity contribution in [3.05, 3.63) is 60.0 Å². The standard InChI is InChI=1S/C24H29N5O3/c1-3-31-21-7-5-4-6-20(21)25-22(30)16-28-12-14-29(15-13-28)17-23-26-24(27-32-23)19-10-8-18(2)9-11-19/h4-11H,3,12-17H2,1-2H3,(H,25,30). The maximum Gasteiger partial charge on any atom is 0.241 e. The summed E-state index contributed by atoms with van der Waals surface area (Å²) in [5.74, 6) is 1.88. The van der Waals surface area contributed by atoms with Gasteiger partial charge in [-0.15, -0.1) is 0 Å². The minimum Gasteiger partial charge on any atom is -0.492 e. The number of aromatic nitrogens is 2. The number of para-hydroxylation sites is 2. The summed E-state index contributed by atoms with van der Waals surface area (Å²) in [6, 6.07) is 15.6. The molecule has 0 saturated carbocycles. The van der Waals surface area contributed by atoms with Gasteiger partial charge in [-0.05, 0) is 26.0 Å². The Hall–Kier alpha value is -3.23. The third kappa shape index (κ3) is 5.72. The van der Waals surface area contributed by atoms with Crippen molar-refractivity contribution >= 4 is 11.6 Å². The maximum atomic E-state index is 12.5. The molecule has 0 spiro atoms. The van der Waals surface area contributed by atoms with Gasteiger partial charge in [-0.1, -0.05) is 47.1 Å². The average Bonchev–Trinajstić information content (AvgIpc) is 3.25. The molecule has 2 aromatic carbocycles. The van der Waals surface area contributed by atoms with Gasteiger partial charge >= 0.3 is 0 Å². The molecule has 1 aliphatic heterocycles. The van der Waals surface area contributed by atoms with Crippen molar-refractivity contribution in [1.29, 1.82) is 0 Å². The number of anilines is 1. The van der Waals surface area contributed by atoms with Crippen LogP contribution in [0.25, 0.3) is 11.4 Å². The highest BCUT2D eigenvalue weighted by molar-refractivity contribution is 5.93. The summed E-state index contributed by atoms with van der Waals surface area (Å²) in [6.07, 6.45) is 0. The summed E-state index contributed by atoms with van der Waals surface area (Å²) in [7, 11) is 0. The van der Waals surface area contributed by atoms with Crippen LogP contribution in [0.2, 0.25) is 0 Å². The predicted molar refractivity (Wildman–Crippen MR) is 122 cm³/mol. The number of piperazine rings is 1. The minimum atomic E-state index is -0.0368. The molecule has 168 valence electrons. The summed E-state index contributed by atoms with van der Waals surface area (Å²) >= 11 is 0. The van der Waals surface area contributed by atoms with Crippen LogP contribution in [0.3, 0.4) is 0 Å². The SMILES string of the molecule is CCOc1ccccc1NC(=O)CN1CCN(Cc2nc(-c3ccc(C)cc3)no2)CC1. The van der Waals surface area contributed by atoms with Gasteiger partial charge < -0.3 is 14.6 Å². The molecule has 1 aliphatic rings. The van der Waals surface area contributed by atoms with Gasteiger partial charge in [0.2, 0.25) is 17.6 Å². The van der Waals surface area contributed by atoms with Gasteiger partial charge in [0.1, 0.15) is 5.75 Å². The van der Waals surface area contributed by atoms with Crippen molar-refractivity contribution in [2.45, 2.75) is 20.4 Å². The van der Waals surface area contributed by atoms with E-state index in [4.69, 9.17) is 9.26 Å². The van der Waals surface area contributed by atoms with Crippen LogP contribution in [0.5, 0.6) is 5.75 Å². The zero-order valence-electron chi connectivity index (χ0n) is 18.6. The molecule has 4 rings (SSSR count). The molecule has 1 aromatic heterocycles.